The maximum absolute atomic E-state index is 10.4. The average Bonchev–Trinajstić information content (AvgIpc) is 2.18. The fourth-order valence-electron chi connectivity index (χ4n) is 0.889. The molecule has 3 heteroatoms. The minimum atomic E-state index is -0.412. The Morgan fingerprint density at radius 1 is 1.38 bits per heavy atom. The van der Waals surface area contributed by atoms with E-state index in [0.29, 0.717) is 0 Å². The maximum atomic E-state index is 10.4. The van der Waals surface area contributed by atoms with E-state index >= 15 is 0 Å². The van der Waals surface area contributed by atoms with Crippen LogP contribution in [0.15, 0.2) is 35.2 Å². The van der Waals surface area contributed by atoms with Crippen molar-refractivity contribution >= 4 is 29.6 Å². The molecule has 0 aromatic heterocycles. The van der Waals surface area contributed by atoms with Gasteiger partial charge >= 0.3 is 0 Å². The lowest BCUT2D eigenvalue weighted by molar-refractivity contribution is -0.107. The van der Waals surface area contributed by atoms with E-state index in [1.165, 1.54) is 0 Å². The molecule has 1 aromatic carbocycles. The van der Waals surface area contributed by atoms with Crippen LogP contribution < -0.4 is 0 Å². The van der Waals surface area contributed by atoms with Crippen LogP contribution in [0, 0.1) is 0 Å². The van der Waals surface area contributed by atoms with Crippen molar-refractivity contribution in [1.29, 1.82) is 0 Å². The van der Waals surface area contributed by atoms with E-state index in [-0.39, 0.29) is 5.25 Å². The third-order valence-corrected chi connectivity index (χ3v) is 3.48. The maximum Gasteiger partial charge on any atom is 0.138 e. The van der Waals surface area contributed by atoms with E-state index in [4.69, 9.17) is 11.6 Å². The first-order chi connectivity index (χ1) is 6.24. The molecule has 1 nitrogen and oxygen atoms in total. The summed E-state index contributed by atoms with van der Waals surface area (Å²) in [5.41, 5.74) is 0. The molecule has 0 aliphatic heterocycles. The normalized spacial score (nSPS) is 14.9. The van der Waals surface area contributed by atoms with Gasteiger partial charge in [0, 0.05) is 10.1 Å². The van der Waals surface area contributed by atoms with Crippen molar-refractivity contribution in [3.05, 3.63) is 30.3 Å². The number of carbonyl (C=O) groups excluding carboxylic acids is 1. The third kappa shape index (κ3) is 3.41. The zero-order chi connectivity index (χ0) is 9.68. The van der Waals surface area contributed by atoms with Crippen LogP contribution in [0.1, 0.15) is 6.92 Å². The second-order valence-electron chi connectivity index (χ2n) is 2.72. The molecule has 2 atom stereocenters. The Balaban J connectivity index is 2.54. The second kappa shape index (κ2) is 5.30. The molecule has 0 aliphatic carbocycles. The van der Waals surface area contributed by atoms with Gasteiger partial charge in [0.05, 0.1) is 0 Å². The Kier molecular flexibility index (Phi) is 4.33. The summed E-state index contributed by atoms with van der Waals surface area (Å²) < 4.78 is 0. The molecule has 2 unspecified atom stereocenters. The molecule has 0 saturated carbocycles. The lowest BCUT2D eigenvalue weighted by atomic mass is 10.3. The molecule has 13 heavy (non-hydrogen) atoms. The van der Waals surface area contributed by atoms with Crippen LogP contribution in [0.5, 0.6) is 0 Å². The average molecular weight is 215 g/mol. The highest BCUT2D eigenvalue weighted by molar-refractivity contribution is 8.00. The molecule has 70 valence electrons. The van der Waals surface area contributed by atoms with Crippen LogP contribution in [0.2, 0.25) is 0 Å². The van der Waals surface area contributed by atoms with Crippen molar-refractivity contribution in [3.8, 4) is 0 Å². The quantitative estimate of drug-likeness (QED) is 0.436. The summed E-state index contributed by atoms with van der Waals surface area (Å²) in [4.78, 5) is 11.5. The molecule has 0 heterocycles. The van der Waals surface area contributed by atoms with E-state index in [2.05, 4.69) is 0 Å². The predicted molar refractivity (Wildman–Crippen MR) is 57.5 cm³/mol. The van der Waals surface area contributed by atoms with Gasteiger partial charge < -0.3 is 4.79 Å². The topological polar surface area (TPSA) is 17.1 Å². The summed E-state index contributed by atoms with van der Waals surface area (Å²) in [6, 6.07) is 9.93. The lowest BCUT2D eigenvalue weighted by Crippen LogP contribution is -2.14. The molecular weight excluding hydrogens is 204 g/mol. The highest BCUT2D eigenvalue weighted by Gasteiger charge is 2.13. The summed E-state index contributed by atoms with van der Waals surface area (Å²) in [6.45, 7) is 1.95. The van der Waals surface area contributed by atoms with Gasteiger partial charge in [-0.25, -0.2) is 0 Å². The largest absolute Gasteiger partial charge is 0.302 e. The fourth-order valence-corrected chi connectivity index (χ4v) is 1.98. The van der Waals surface area contributed by atoms with E-state index in [1.807, 2.05) is 37.3 Å². The minimum Gasteiger partial charge on any atom is -0.302 e. The number of rotatable bonds is 4. The van der Waals surface area contributed by atoms with Gasteiger partial charge in [0.15, 0.2) is 0 Å². The molecule has 1 rings (SSSR count). The number of benzene rings is 1. The summed E-state index contributed by atoms with van der Waals surface area (Å²) in [7, 11) is 0. The van der Waals surface area contributed by atoms with Gasteiger partial charge in [-0.15, -0.1) is 23.4 Å². The summed E-state index contributed by atoms with van der Waals surface area (Å²) >= 11 is 7.39. The van der Waals surface area contributed by atoms with Gasteiger partial charge in [0.1, 0.15) is 11.7 Å². The number of alkyl halides is 1. The van der Waals surface area contributed by atoms with Crippen molar-refractivity contribution in [1.82, 2.24) is 0 Å². The first-order valence-electron chi connectivity index (χ1n) is 4.05. The van der Waals surface area contributed by atoms with Gasteiger partial charge in [-0.3, -0.25) is 0 Å². The number of hydrogen-bond donors (Lipinski definition) is 0. The lowest BCUT2D eigenvalue weighted by Gasteiger charge is -2.11. The van der Waals surface area contributed by atoms with Gasteiger partial charge in [0.25, 0.3) is 0 Å². The molecule has 1 aromatic rings. The van der Waals surface area contributed by atoms with Crippen molar-refractivity contribution in [2.75, 3.05) is 0 Å². The van der Waals surface area contributed by atoms with Crippen LogP contribution in [0.4, 0.5) is 0 Å². The molecule has 0 aliphatic rings. The van der Waals surface area contributed by atoms with Crippen LogP contribution in [0.3, 0.4) is 0 Å². The van der Waals surface area contributed by atoms with Gasteiger partial charge in [0.2, 0.25) is 0 Å². The van der Waals surface area contributed by atoms with Crippen LogP contribution in [0.25, 0.3) is 0 Å². The number of halogens is 1. The van der Waals surface area contributed by atoms with Crippen molar-refractivity contribution in [3.63, 3.8) is 0 Å². The van der Waals surface area contributed by atoms with E-state index in [1.54, 1.807) is 11.8 Å². The molecule has 0 fully saturated rings. The summed E-state index contributed by atoms with van der Waals surface area (Å²) in [5, 5.41) is -0.299. The predicted octanol–water partition coefficient (Wildman–Crippen LogP) is 2.97. The fraction of sp³-hybridized carbons (Fsp3) is 0.300. The first-order valence-corrected chi connectivity index (χ1v) is 5.36. The van der Waals surface area contributed by atoms with Gasteiger partial charge in [-0.2, -0.15) is 0 Å². The zero-order valence-corrected chi connectivity index (χ0v) is 8.89. The Hall–Kier alpha value is -0.470. The number of hydrogen-bond acceptors (Lipinski definition) is 2. The monoisotopic (exact) mass is 214 g/mol. The second-order valence-corrected chi connectivity index (χ2v) is 4.67. The highest BCUT2D eigenvalue weighted by Crippen LogP contribution is 2.26. The summed E-state index contributed by atoms with van der Waals surface area (Å²) in [5.74, 6) is 0. The smallest absolute Gasteiger partial charge is 0.138 e. The first kappa shape index (κ1) is 10.6. The van der Waals surface area contributed by atoms with Crippen molar-refractivity contribution in [2.24, 2.45) is 0 Å². The van der Waals surface area contributed by atoms with E-state index in [0.717, 1.165) is 11.2 Å². The van der Waals surface area contributed by atoms with E-state index < -0.39 is 5.38 Å². The number of carbonyl (C=O) groups is 1. The van der Waals surface area contributed by atoms with Crippen LogP contribution >= 0.6 is 23.4 Å². The molecule has 0 radical (unpaired) electrons. The minimum absolute atomic E-state index is 0.113. The third-order valence-electron chi connectivity index (χ3n) is 1.64. The number of thioether (sulfide) groups is 1. The van der Waals surface area contributed by atoms with Gasteiger partial charge in [-0.1, -0.05) is 25.1 Å². The Morgan fingerprint density at radius 2 is 2.00 bits per heavy atom. The molecule has 0 bridgehead atoms. The Bertz CT molecular complexity index is 263. The molecule has 0 amide bonds. The molecule has 0 N–H and O–H groups in total. The Labute approximate surface area is 87.5 Å². The van der Waals surface area contributed by atoms with Crippen LogP contribution in [-0.4, -0.2) is 16.9 Å². The molecular formula is C10H11ClOS. The van der Waals surface area contributed by atoms with Crippen molar-refractivity contribution in [2.45, 2.75) is 22.4 Å². The Morgan fingerprint density at radius 3 is 2.54 bits per heavy atom. The van der Waals surface area contributed by atoms with Crippen LogP contribution in [-0.2, 0) is 4.79 Å². The highest BCUT2D eigenvalue weighted by atomic mass is 35.5. The number of aldehydes is 1. The van der Waals surface area contributed by atoms with Gasteiger partial charge in [-0.05, 0) is 12.1 Å². The zero-order valence-electron chi connectivity index (χ0n) is 7.31. The molecule has 0 spiro atoms. The van der Waals surface area contributed by atoms with Crippen molar-refractivity contribution < 1.29 is 4.79 Å². The van der Waals surface area contributed by atoms with E-state index in [9.17, 15) is 4.79 Å². The summed E-state index contributed by atoms with van der Waals surface area (Å²) in [6.07, 6.45) is 0.780. The SMILES string of the molecule is CC(Sc1ccccc1)C(Cl)C=O. The standard InChI is InChI=1S/C10H11ClOS/c1-8(10(11)7-12)13-9-5-3-2-4-6-9/h2-8,10H,1H3. The molecule has 0 saturated heterocycles.